The van der Waals surface area contributed by atoms with Crippen LogP contribution < -0.4 is 4.90 Å². The molecule has 0 N–H and O–H groups in total. The minimum Gasteiger partial charge on any atom is -0.357 e. The molecule has 1 aromatic heterocycles. The van der Waals surface area contributed by atoms with Gasteiger partial charge in [0.25, 0.3) is 0 Å². The molecule has 0 saturated carbocycles. The molecule has 0 radical (unpaired) electrons. The van der Waals surface area contributed by atoms with Gasteiger partial charge >= 0.3 is 0 Å². The van der Waals surface area contributed by atoms with Crippen LogP contribution in [0.3, 0.4) is 0 Å². The van der Waals surface area contributed by atoms with Crippen LogP contribution >= 0.6 is 11.6 Å². The van der Waals surface area contributed by atoms with Gasteiger partial charge < -0.3 is 4.90 Å². The number of aromatic nitrogens is 2. The quantitative estimate of drug-likeness (QED) is 0.725. The topological polar surface area (TPSA) is 29.0 Å². The van der Waals surface area contributed by atoms with Crippen LogP contribution in [0.25, 0.3) is 0 Å². The van der Waals surface area contributed by atoms with Crippen molar-refractivity contribution >= 4 is 17.4 Å². The highest BCUT2D eigenvalue weighted by atomic mass is 35.5. The first-order valence-electron chi connectivity index (χ1n) is 5.49. The molecule has 0 aliphatic heterocycles. The Hall–Kier alpha value is -0.830. The maximum absolute atomic E-state index is 5.89. The lowest BCUT2D eigenvalue weighted by atomic mass is 10.2. The van der Waals surface area contributed by atoms with Gasteiger partial charge in [-0.1, -0.05) is 13.3 Å². The lowest BCUT2D eigenvalue weighted by Crippen LogP contribution is -2.23. The van der Waals surface area contributed by atoms with Crippen LogP contribution in [0.5, 0.6) is 0 Å². The lowest BCUT2D eigenvalue weighted by molar-refractivity contribution is 0.822. The fraction of sp³-hybridized carbons (Fsp3) is 0.636. The van der Waals surface area contributed by atoms with Gasteiger partial charge in [-0.25, -0.2) is 9.97 Å². The molecule has 84 valence electrons. The Morgan fingerprint density at radius 1 is 1.20 bits per heavy atom. The summed E-state index contributed by atoms with van der Waals surface area (Å²) in [6.07, 6.45) is 2.03. The van der Waals surface area contributed by atoms with Crippen molar-refractivity contribution in [1.29, 1.82) is 0 Å². The van der Waals surface area contributed by atoms with Crippen LogP contribution in [-0.4, -0.2) is 23.1 Å². The number of aryl methyl sites for hydroxylation is 1. The minimum absolute atomic E-state index is 0.350. The molecule has 4 heteroatoms. The summed E-state index contributed by atoms with van der Waals surface area (Å²) in [6, 6.07) is 2.03. The maximum Gasteiger partial charge on any atom is 0.224 e. The molecule has 0 aliphatic rings. The minimum atomic E-state index is 0.350. The van der Waals surface area contributed by atoms with Gasteiger partial charge in [0.1, 0.15) is 5.82 Å². The molecule has 0 atom stereocenters. The Balaban J connectivity index is 2.96. The predicted octanol–water partition coefficient (Wildman–Crippen LogP) is 2.93. The van der Waals surface area contributed by atoms with E-state index in [1.54, 1.807) is 0 Å². The first-order chi connectivity index (χ1) is 7.21. The van der Waals surface area contributed by atoms with E-state index in [1.807, 2.05) is 6.07 Å². The van der Waals surface area contributed by atoms with Gasteiger partial charge in [-0.3, -0.25) is 0 Å². The Morgan fingerprint density at radius 3 is 2.40 bits per heavy atom. The van der Waals surface area contributed by atoms with Crippen molar-refractivity contribution < 1.29 is 0 Å². The van der Waals surface area contributed by atoms with Crippen LogP contribution in [0.15, 0.2) is 6.07 Å². The van der Waals surface area contributed by atoms with Crippen molar-refractivity contribution in [2.45, 2.75) is 33.6 Å². The van der Waals surface area contributed by atoms with Crippen LogP contribution in [-0.2, 0) is 6.42 Å². The van der Waals surface area contributed by atoms with Crippen LogP contribution in [0.1, 0.15) is 32.9 Å². The van der Waals surface area contributed by atoms with E-state index >= 15 is 0 Å². The second-order valence-electron chi connectivity index (χ2n) is 3.41. The summed E-state index contributed by atoms with van der Waals surface area (Å²) >= 11 is 5.89. The monoisotopic (exact) mass is 227 g/mol. The van der Waals surface area contributed by atoms with Gasteiger partial charge in [0, 0.05) is 24.8 Å². The van der Waals surface area contributed by atoms with Crippen molar-refractivity contribution in [2.24, 2.45) is 0 Å². The molecule has 0 unspecified atom stereocenters. The molecule has 0 fully saturated rings. The third kappa shape index (κ3) is 3.34. The highest BCUT2D eigenvalue weighted by Crippen LogP contribution is 2.15. The summed E-state index contributed by atoms with van der Waals surface area (Å²) in [4.78, 5) is 10.6. The van der Waals surface area contributed by atoms with Gasteiger partial charge in [-0.2, -0.15) is 0 Å². The maximum atomic E-state index is 5.89. The van der Waals surface area contributed by atoms with E-state index in [4.69, 9.17) is 11.6 Å². The Morgan fingerprint density at radius 2 is 1.87 bits per heavy atom. The van der Waals surface area contributed by atoms with Gasteiger partial charge in [0.2, 0.25) is 5.28 Å². The number of anilines is 1. The first-order valence-corrected chi connectivity index (χ1v) is 5.87. The number of nitrogens with zero attached hydrogens (tertiary/aromatic N) is 3. The molecule has 0 amide bonds. The van der Waals surface area contributed by atoms with Crippen molar-refractivity contribution in [3.05, 3.63) is 17.0 Å². The standard InChI is InChI=1S/C11H18ClN3/c1-4-7-9-8-10(14-11(12)13-9)15(5-2)6-3/h8H,4-7H2,1-3H3. The van der Waals surface area contributed by atoms with E-state index in [0.29, 0.717) is 5.28 Å². The fourth-order valence-electron chi connectivity index (χ4n) is 1.55. The SMILES string of the molecule is CCCc1cc(N(CC)CC)nc(Cl)n1. The molecule has 0 spiro atoms. The smallest absolute Gasteiger partial charge is 0.224 e. The molecule has 1 rings (SSSR count). The zero-order valence-electron chi connectivity index (χ0n) is 9.63. The van der Waals surface area contributed by atoms with Gasteiger partial charge in [-0.15, -0.1) is 0 Å². The Kier molecular flexibility index (Phi) is 4.82. The third-order valence-electron chi connectivity index (χ3n) is 2.33. The number of hydrogen-bond acceptors (Lipinski definition) is 3. The largest absolute Gasteiger partial charge is 0.357 e. The highest BCUT2D eigenvalue weighted by Gasteiger charge is 2.07. The van der Waals surface area contributed by atoms with E-state index in [2.05, 4.69) is 35.6 Å². The molecular weight excluding hydrogens is 210 g/mol. The fourth-order valence-corrected chi connectivity index (χ4v) is 1.74. The van der Waals surface area contributed by atoms with Crippen LogP contribution in [0.4, 0.5) is 5.82 Å². The van der Waals surface area contributed by atoms with E-state index in [-0.39, 0.29) is 0 Å². The number of rotatable bonds is 5. The van der Waals surface area contributed by atoms with Crippen molar-refractivity contribution in [3.8, 4) is 0 Å². The van der Waals surface area contributed by atoms with Gasteiger partial charge in [-0.05, 0) is 31.9 Å². The Labute approximate surface area is 96.5 Å². The summed E-state index contributed by atoms with van der Waals surface area (Å²) in [5.41, 5.74) is 1.03. The molecule has 1 heterocycles. The van der Waals surface area contributed by atoms with E-state index < -0.39 is 0 Å². The molecule has 1 aromatic rings. The molecule has 0 aromatic carbocycles. The number of halogens is 1. The van der Waals surface area contributed by atoms with Crippen LogP contribution in [0.2, 0.25) is 5.28 Å². The average molecular weight is 228 g/mol. The third-order valence-corrected chi connectivity index (χ3v) is 2.50. The second-order valence-corrected chi connectivity index (χ2v) is 3.75. The second kappa shape index (κ2) is 5.91. The molecule has 0 saturated heterocycles. The van der Waals surface area contributed by atoms with E-state index in [1.165, 1.54) is 0 Å². The number of hydrogen-bond donors (Lipinski definition) is 0. The predicted molar refractivity (Wildman–Crippen MR) is 64.6 cm³/mol. The summed E-state index contributed by atoms with van der Waals surface area (Å²) in [5, 5.41) is 0.350. The Bertz CT molecular complexity index is 311. The van der Waals surface area contributed by atoms with Gasteiger partial charge in [0.15, 0.2) is 0 Å². The molecule has 15 heavy (non-hydrogen) atoms. The van der Waals surface area contributed by atoms with Crippen molar-refractivity contribution in [3.63, 3.8) is 0 Å². The van der Waals surface area contributed by atoms with Crippen molar-refractivity contribution in [2.75, 3.05) is 18.0 Å². The van der Waals surface area contributed by atoms with Crippen LogP contribution in [0, 0.1) is 0 Å². The molecule has 0 aliphatic carbocycles. The summed E-state index contributed by atoms with van der Waals surface area (Å²) in [5.74, 6) is 0.934. The summed E-state index contributed by atoms with van der Waals surface area (Å²) < 4.78 is 0. The highest BCUT2D eigenvalue weighted by molar-refractivity contribution is 6.28. The molecular formula is C11H18ClN3. The average Bonchev–Trinajstić information content (AvgIpc) is 2.19. The lowest BCUT2D eigenvalue weighted by Gasteiger charge is -2.20. The van der Waals surface area contributed by atoms with E-state index in [9.17, 15) is 0 Å². The molecule has 0 bridgehead atoms. The summed E-state index contributed by atoms with van der Waals surface area (Å²) in [6.45, 7) is 8.23. The normalized spacial score (nSPS) is 10.4. The summed E-state index contributed by atoms with van der Waals surface area (Å²) in [7, 11) is 0. The van der Waals surface area contributed by atoms with Gasteiger partial charge in [0.05, 0.1) is 0 Å². The van der Waals surface area contributed by atoms with Crippen molar-refractivity contribution in [1.82, 2.24) is 9.97 Å². The zero-order valence-corrected chi connectivity index (χ0v) is 10.4. The van der Waals surface area contributed by atoms with E-state index in [0.717, 1.165) is 37.4 Å². The molecule has 3 nitrogen and oxygen atoms in total. The first kappa shape index (κ1) is 12.2. The zero-order chi connectivity index (χ0) is 11.3.